The van der Waals surface area contributed by atoms with E-state index in [9.17, 15) is 19.5 Å². The molecule has 0 aromatic heterocycles. The minimum atomic E-state index is -0.967. The summed E-state index contributed by atoms with van der Waals surface area (Å²) in [5.41, 5.74) is 1.12. The van der Waals surface area contributed by atoms with E-state index in [1.165, 1.54) is 0 Å². The minimum absolute atomic E-state index is 0.0389. The zero-order valence-electron chi connectivity index (χ0n) is 13.6. The van der Waals surface area contributed by atoms with Crippen LogP contribution in [-0.4, -0.2) is 29.4 Å². The summed E-state index contributed by atoms with van der Waals surface area (Å²) in [6.07, 6.45) is 5.70. The molecule has 2 aliphatic rings. The molecule has 1 aromatic carbocycles. The SMILES string of the molecule is O=C(Nc1ccc(N2CCCC2=O)c(Cl)c1)[C@H]1CC=CC[C@H]1C(=O)O. The van der Waals surface area contributed by atoms with Gasteiger partial charge in [-0.2, -0.15) is 0 Å². The average molecular weight is 363 g/mol. The Morgan fingerprint density at radius 2 is 1.92 bits per heavy atom. The molecule has 1 heterocycles. The monoisotopic (exact) mass is 362 g/mol. The molecular weight excluding hydrogens is 344 g/mol. The third kappa shape index (κ3) is 3.69. The highest BCUT2D eigenvalue weighted by Gasteiger charge is 2.34. The molecule has 2 atom stereocenters. The molecule has 2 N–H and O–H groups in total. The van der Waals surface area contributed by atoms with Crippen molar-refractivity contribution in [2.24, 2.45) is 11.8 Å². The molecule has 0 radical (unpaired) electrons. The van der Waals surface area contributed by atoms with Crippen molar-refractivity contribution in [2.75, 3.05) is 16.8 Å². The summed E-state index contributed by atoms with van der Waals surface area (Å²) >= 11 is 6.27. The summed E-state index contributed by atoms with van der Waals surface area (Å²) in [5.74, 6) is -2.59. The van der Waals surface area contributed by atoms with E-state index < -0.39 is 17.8 Å². The van der Waals surface area contributed by atoms with Crippen LogP contribution in [0.4, 0.5) is 11.4 Å². The fourth-order valence-corrected chi connectivity index (χ4v) is 3.60. The van der Waals surface area contributed by atoms with Gasteiger partial charge in [0, 0.05) is 18.7 Å². The van der Waals surface area contributed by atoms with Crippen LogP contribution in [0.5, 0.6) is 0 Å². The molecule has 132 valence electrons. The first-order valence-corrected chi connectivity index (χ1v) is 8.63. The zero-order chi connectivity index (χ0) is 18.0. The van der Waals surface area contributed by atoms with Gasteiger partial charge in [0.25, 0.3) is 0 Å². The van der Waals surface area contributed by atoms with Crippen LogP contribution in [0.1, 0.15) is 25.7 Å². The van der Waals surface area contributed by atoms with Gasteiger partial charge in [-0.05, 0) is 37.5 Å². The number of carbonyl (C=O) groups excluding carboxylic acids is 2. The second-order valence-corrected chi connectivity index (χ2v) is 6.71. The molecule has 0 bridgehead atoms. The minimum Gasteiger partial charge on any atom is -0.481 e. The van der Waals surface area contributed by atoms with E-state index in [0.29, 0.717) is 42.2 Å². The first-order valence-electron chi connectivity index (χ1n) is 8.26. The zero-order valence-corrected chi connectivity index (χ0v) is 14.3. The highest BCUT2D eigenvalue weighted by atomic mass is 35.5. The quantitative estimate of drug-likeness (QED) is 0.806. The predicted octanol–water partition coefficient (Wildman–Crippen LogP) is 3.07. The van der Waals surface area contributed by atoms with Gasteiger partial charge in [-0.3, -0.25) is 14.4 Å². The Balaban J connectivity index is 1.73. The molecule has 6 nitrogen and oxygen atoms in total. The van der Waals surface area contributed by atoms with Crippen molar-refractivity contribution in [3.63, 3.8) is 0 Å². The first-order chi connectivity index (χ1) is 12.0. The normalized spacial score (nSPS) is 22.9. The fourth-order valence-electron chi connectivity index (χ4n) is 3.32. The van der Waals surface area contributed by atoms with Gasteiger partial charge in [0.15, 0.2) is 0 Å². The van der Waals surface area contributed by atoms with Gasteiger partial charge in [-0.1, -0.05) is 23.8 Å². The third-order valence-corrected chi connectivity index (χ3v) is 4.97. The number of carbonyl (C=O) groups is 3. The number of nitrogens with zero attached hydrogens (tertiary/aromatic N) is 1. The van der Waals surface area contributed by atoms with E-state index in [1.807, 2.05) is 6.08 Å². The van der Waals surface area contributed by atoms with Gasteiger partial charge in [0.2, 0.25) is 11.8 Å². The largest absolute Gasteiger partial charge is 0.481 e. The van der Waals surface area contributed by atoms with Crippen molar-refractivity contribution >= 4 is 40.8 Å². The number of anilines is 2. The van der Waals surface area contributed by atoms with Crippen LogP contribution in [0.15, 0.2) is 30.4 Å². The van der Waals surface area contributed by atoms with Crippen molar-refractivity contribution in [2.45, 2.75) is 25.7 Å². The molecule has 0 saturated carbocycles. The fraction of sp³-hybridized carbons (Fsp3) is 0.389. The van der Waals surface area contributed by atoms with Crippen molar-refractivity contribution < 1.29 is 19.5 Å². The Labute approximate surface area is 150 Å². The van der Waals surface area contributed by atoms with Gasteiger partial charge >= 0.3 is 5.97 Å². The molecule has 1 saturated heterocycles. The molecule has 25 heavy (non-hydrogen) atoms. The van der Waals surface area contributed by atoms with Crippen LogP contribution >= 0.6 is 11.6 Å². The molecular formula is C18H19ClN2O4. The topological polar surface area (TPSA) is 86.7 Å². The molecule has 7 heteroatoms. The Morgan fingerprint density at radius 1 is 1.20 bits per heavy atom. The number of allylic oxidation sites excluding steroid dienone is 2. The maximum Gasteiger partial charge on any atom is 0.307 e. The summed E-state index contributed by atoms with van der Waals surface area (Å²) in [5, 5.41) is 12.4. The molecule has 0 unspecified atom stereocenters. The van der Waals surface area contributed by atoms with E-state index in [0.717, 1.165) is 6.42 Å². The lowest BCUT2D eigenvalue weighted by Gasteiger charge is -2.24. The maximum atomic E-state index is 12.5. The van der Waals surface area contributed by atoms with E-state index >= 15 is 0 Å². The number of carboxylic acids is 1. The number of halogens is 1. The average Bonchev–Trinajstić information content (AvgIpc) is 3.01. The summed E-state index contributed by atoms with van der Waals surface area (Å²) in [7, 11) is 0. The predicted molar refractivity (Wildman–Crippen MR) is 94.7 cm³/mol. The third-order valence-electron chi connectivity index (χ3n) is 4.67. The van der Waals surface area contributed by atoms with E-state index in [2.05, 4.69) is 5.32 Å². The maximum absolute atomic E-state index is 12.5. The van der Waals surface area contributed by atoms with Crippen LogP contribution in [0.25, 0.3) is 0 Å². The van der Waals surface area contributed by atoms with Gasteiger partial charge < -0.3 is 15.3 Å². The Morgan fingerprint density at radius 3 is 2.52 bits per heavy atom. The molecule has 1 fully saturated rings. The van der Waals surface area contributed by atoms with Crippen molar-refractivity contribution in [3.05, 3.63) is 35.4 Å². The van der Waals surface area contributed by atoms with E-state index in [4.69, 9.17) is 11.6 Å². The molecule has 0 spiro atoms. The number of amides is 2. The lowest BCUT2D eigenvalue weighted by atomic mass is 9.82. The molecule has 2 amide bonds. The second-order valence-electron chi connectivity index (χ2n) is 6.30. The second kappa shape index (κ2) is 7.27. The van der Waals surface area contributed by atoms with Crippen molar-refractivity contribution in [1.82, 2.24) is 0 Å². The standard InChI is InChI=1S/C18H19ClN2O4/c19-14-10-11(7-8-15(14)21-9-3-6-16(21)22)20-17(23)12-4-1-2-5-13(12)18(24)25/h1-2,7-8,10,12-13H,3-6,9H2,(H,20,23)(H,24,25)/t12-,13+/m0/s1. The number of rotatable bonds is 4. The van der Waals surface area contributed by atoms with Crippen LogP contribution in [-0.2, 0) is 14.4 Å². The summed E-state index contributed by atoms with van der Waals surface area (Å²) in [4.78, 5) is 37.3. The summed E-state index contributed by atoms with van der Waals surface area (Å²) in [6.45, 7) is 0.638. The van der Waals surface area contributed by atoms with Crippen LogP contribution in [0.2, 0.25) is 5.02 Å². The number of hydrogen-bond donors (Lipinski definition) is 2. The van der Waals surface area contributed by atoms with Gasteiger partial charge in [-0.25, -0.2) is 0 Å². The number of hydrogen-bond acceptors (Lipinski definition) is 3. The lowest BCUT2D eigenvalue weighted by Crippen LogP contribution is -2.34. The molecule has 1 aliphatic heterocycles. The number of nitrogens with one attached hydrogen (secondary N) is 1. The molecule has 1 aromatic rings. The highest BCUT2D eigenvalue weighted by Crippen LogP contribution is 2.33. The van der Waals surface area contributed by atoms with Crippen LogP contribution < -0.4 is 10.2 Å². The number of benzene rings is 1. The number of carboxylic acid groups (broad SMARTS) is 1. The smallest absolute Gasteiger partial charge is 0.307 e. The molecule has 1 aliphatic carbocycles. The van der Waals surface area contributed by atoms with Crippen molar-refractivity contribution in [1.29, 1.82) is 0 Å². The summed E-state index contributed by atoms with van der Waals surface area (Å²) in [6, 6.07) is 4.98. The van der Waals surface area contributed by atoms with E-state index in [-0.39, 0.29) is 11.8 Å². The lowest BCUT2D eigenvalue weighted by molar-refractivity contribution is -0.146. The van der Waals surface area contributed by atoms with Crippen LogP contribution in [0, 0.1) is 11.8 Å². The van der Waals surface area contributed by atoms with Gasteiger partial charge in [-0.15, -0.1) is 0 Å². The summed E-state index contributed by atoms with van der Waals surface area (Å²) < 4.78 is 0. The Hall–Kier alpha value is -2.34. The van der Waals surface area contributed by atoms with Gasteiger partial charge in [0.1, 0.15) is 0 Å². The highest BCUT2D eigenvalue weighted by molar-refractivity contribution is 6.34. The van der Waals surface area contributed by atoms with Crippen LogP contribution in [0.3, 0.4) is 0 Å². The Kier molecular flexibility index (Phi) is 5.08. The van der Waals surface area contributed by atoms with E-state index in [1.54, 1.807) is 29.2 Å². The first kappa shape index (κ1) is 17.5. The van der Waals surface area contributed by atoms with Gasteiger partial charge in [0.05, 0.1) is 22.5 Å². The molecule has 3 rings (SSSR count). The Bertz CT molecular complexity index is 747. The number of aliphatic carboxylic acids is 1. The van der Waals surface area contributed by atoms with Crippen molar-refractivity contribution in [3.8, 4) is 0 Å².